The van der Waals surface area contributed by atoms with Crippen molar-refractivity contribution in [2.45, 2.75) is 87.7 Å². The lowest BCUT2D eigenvalue weighted by atomic mass is 9.79. The van der Waals surface area contributed by atoms with Crippen molar-refractivity contribution >= 4 is 82.5 Å². The van der Waals surface area contributed by atoms with Gasteiger partial charge in [-0.05, 0) is 54.4 Å². The lowest BCUT2D eigenvalue weighted by molar-refractivity contribution is -0.519. The Kier molecular flexibility index (Phi) is 24.4. The molecule has 1 N–H and O–H groups in total. The van der Waals surface area contributed by atoms with Crippen molar-refractivity contribution in [1.82, 2.24) is 0 Å². The Morgan fingerprint density at radius 1 is 0.407 bits per heavy atom. The van der Waals surface area contributed by atoms with Gasteiger partial charge in [0.15, 0.2) is 5.60 Å². The van der Waals surface area contributed by atoms with Crippen LogP contribution in [0.4, 0.5) is 0 Å². The molecule has 0 saturated heterocycles. The smallest absolute Gasteiger partial charge is 0.566 e. The van der Waals surface area contributed by atoms with Crippen LogP contribution in [-0.2, 0) is 90.9 Å². The average molecular weight is 979 g/mol. The van der Waals surface area contributed by atoms with E-state index >= 15 is 0 Å². The first kappa shape index (κ1) is 54.2. The topological polar surface area (TPSA) is 491 Å². The Labute approximate surface area is 309 Å². The van der Waals surface area contributed by atoms with Gasteiger partial charge in [-0.3, -0.25) is 0 Å². The molecule has 40 heteroatoms. The summed E-state index contributed by atoms with van der Waals surface area (Å²) in [7, 11) is -52.6. The van der Waals surface area contributed by atoms with E-state index in [0.717, 1.165) is 0 Å². The minimum atomic E-state index is -6.04. The third-order valence-corrected chi connectivity index (χ3v) is 10.2. The quantitative estimate of drug-likeness (QED) is 0.0455. The summed E-state index contributed by atoms with van der Waals surface area (Å²) in [6.45, 7) is 1.88. The van der Waals surface area contributed by atoms with E-state index in [9.17, 15) is 94.6 Å². The Morgan fingerprint density at radius 3 is 0.981 bits per heavy atom. The molecule has 0 aliphatic rings. The molecule has 11 unspecified atom stereocenters. The van der Waals surface area contributed by atoms with Crippen LogP contribution in [0.25, 0.3) is 0 Å². The van der Waals surface area contributed by atoms with E-state index in [1.165, 1.54) is 0 Å². The summed E-state index contributed by atoms with van der Waals surface area (Å²) in [5, 5.41) is 0. The van der Waals surface area contributed by atoms with E-state index in [1.807, 2.05) is 0 Å². The third kappa shape index (κ3) is 15.1. The van der Waals surface area contributed by atoms with Gasteiger partial charge in [0, 0.05) is 4.57 Å². The Balaban J connectivity index is 9.81. The molecule has 0 bridgehead atoms. The van der Waals surface area contributed by atoms with Crippen LogP contribution in [0.5, 0.6) is 0 Å². The molecule has 0 heterocycles. The zero-order valence-corrected chi connectivity index (χ0v) is 35.2. The van der Waals surface area contributed by atoms with Crippen LogP contribution in [-0.4, -0.2) is 33.8 Å². The van der Waals surface area contributed by atoms with E-state index in [0.29, 0.717) is 19.3 Å². The molecular weight excluding hydrogens is 958 g/mol. The van der Waals surface area contributed by atoms with E-state index in [-0.39, 0.29) is 19.8 Å². The molecular formula is C14H21O30P10+. The second kappa shape index (κ2) is 24.3. The van der Waals surface area contributed by atoms with Gasteiger partial charge in [-0.2, -0.15) is 0 Å². The van der Waals surface area contributed by atoms with E-state index in [4.69, 9.17) is 4.52 Å². The molecule has 0 rings (SSSR count). The molecule has 0 saturated carbocycles. The van der Waals surface area contributed by atoms with Crippen LogP contribution in [0, 0.1) is 0 Å². The van der Waals surface area contributed by atoms with E-state index < -0.39 is 124 Å². The zero-order chi connectivity index (χ0) is 42.3. The molecule has 0 aliphatic heterocycles. The molecule has 54 heavy (non-hydrogen) atoms. The summed E-state index contributed by atoms with van der Waals surface area (Å²) in [6.07, 6.45) is -0.407. The summed E-state index contributed by atoms with van der Waals surface area (Å²) in [6, 6.07) is 0. The predicted octanol–water partition coefficient (Wildman–Crippen LogP) is -1.79. The molecule has 30 nitrogen and oxygen atoms in total. The maximum atomic E-state index is 12.4. The molecule has 0 aromatic rings. The normalized spacial score (nSPS) is 20.4. The Bertz CT molecular complexity index is 1380. The summed E-state index contributed by atoms with van der Waals surface area (Å²) in [5.74, 6) is -23.1. The zero-order valence-electron chi connectivity index (χ0n) is 26.2. The number of hydrogen-bond acceptors (Lipinski definition) is 29. The molecule has 306 valence electrons. The third-order valence-electron chi connectivity index (χ3n) is 6.06. The first-order valence-electron chi connectivity index (χ1n) is 13.1. The summed E-state index contributed by atoms with van der Waals surface area (Å²) >= 11 is 0. The molecule has 0 amide bonds. The SMILES string of the molecule is CCCCCCCCC(C)(O[P+](=O)O)C(O[P+](=O)[O-])(O[P+](=O)[O-])C(O[P+](=O)[O-])(O[P+](=O)[O-])C(O[P+](=O)[O-])(O[P+](=O)[O-])C(O[P+](=O)[O-])(O[P+](=O)[O-])O[P+](=O)[O-]. The lowest BCUT2D eigenvalue weighted by Crippen LogP contribution is -2.83. The molecule has 0 radical (unpaired) electrons. The molecule has 0 aliphatic carbocycles. The number of unbranched alkanes of at least 4 members (excludes halogenated alkanes) is 5. The summed E-state index contributed by atoms with van der Waals surface area (Å²) in [5.41, 5.74) is -3.94. The molecule has 0 aromatic carbocycles. The van der Waals surface area contributed by atoms with Crippen molar-refractivity contribution in [1.29, 1.82) is 0 Å². The second-order valence-electron chi connectivity index (χ2n) is 9.32. The number of rotatable bonds is 31. The van der Waals surface area contributed by atoms with Gasteiger partial charge in [0.1, 0.15) is 0 Å². The fraction of sp³-hybridized carbons (Fsp3) is 1.00. The highest BCUT2D eigenvalue weighted by molar-refractivity contribution is 7.34. The Morgan fingerprint density at radius 2 is 0.685 bits per heavy atom. The minimum Gasteiger partial charge on any atom is -0.566 e. The first-order valence-corrected chi connectivity index (χ1v) is 24.1. The van der Waals surface area contributed by atoms with Gasteiger partial charge >= 0.3 is 106 Å². The molecule has 11 atom stereocenters. The van der Waals surface area contributed by atoms with Crippen molar-refractivity contribution in [3.05, 3.63) is 0 Å². The fourth-order valence-corrected chi connectivity index (χ4v) is 9.58. The maximum Gasteiger partial charge on any atom is 0.695 e. The van der Waals surface area contributed by atoms with Crippen LogP contribution in [0.3, 0.4) is 0 Å². The van der Waals surface area contributed by atoms with Crippen LogP contribution in [0.2, 0.25) is 0 Å². The van der Waals surface area contributed by atoms with Gasteiger partial charge in [-0.1, -0.05) is 86.2 Å². The van der Waals surface area contributed by atoms with Crippen LogP contribution in [0.1, 0.15) is 58.8 Å². The van der Waals surface area contributed by atoms with E-state index in [1.54, 1.807) is 6.92 Å². The fourth-order valence-electron chi connectivity index (χ4n) is 4.44. The first-order chi connectivity index (χ1) is 24.7. The largest absolute Gasteiger partial charge is 0.695 e. The standard InChI is InChI=1S/C14H20O30P10/c1-3-4-5-6-7-8-9-10(2,35-45(15)16)11(36-46(17)18,37-47(19)20)12(38-48(21)22,39-49(23)24)13(40-50(25)26,41-51(27)28)14(42-52(29)30,43-53(31)32)44-54(33)34/h3-9H2,1-2H3/p+1. The van der Waals surface area contributed by atoms with Crippen LogP contribution < -0.4 is 44.0 Å². The van der Waals surface area contributed by atoms with Crippen molar-refractivity contribution in [2.75, 3.05) is 0 Å². The van der Waals surface area contributed by atoms with Gasteiger partial charge in [0.2, 0.25) is 0 Å². The average Bonchev–Trinajstić information content (AvgIpc) is 2.94. The predicted molar refractivity (Wildman–Crippen MR) is 146 cm³/mol. The van der Waals surface area contributed by atoms with Crippen molar-refractivity contribution in [3.8, 4) is 0 Å². The van der Waals surface area contributed by atoms with Crippen molar-refractivity contribution < 1.29 is 140 Å². The van der Waals surface area contributed by atoms with Crippen LogP contribution in [0.15, 0.2) is 0 Å². The summed E-state index contributed by atoms with van der Waals surface area (Å²) in [4.78, 5) is 120. The molecule has 0 aromatic heterocycles. The van der Waals surface area contributed by atoms with E-state index in [2.05, 4.69) is 40.7 Å². The van der Waals surface area contributed by atoms with Crippen molar-refractivity contribution in [2.24, 2.45) is 0 Å². The highest BCUT2D eigenvalue weighted by Gasteiger charge is 3.00. The van der Waals surface area contributed by atoms with Crippen LogP contribution >= 0.6 is 82.5 Å². The number of hydrogen-bond donors (Lipinski definition) is 1. The van der Waals surface area contributed by atoms with Gasteiger partial charge in [-0.25, -0.2) is 0 Å². The monoisotopic (exact) mass is 979 g/mol. The minimum absolute atomic E-state index is 0.122. The van der Waals surface area contributed by atoms with Gasteiger partial charge in [0.05, 0.1) is 0 Å². The Hall–Kier alpha value is 0.200. The lowest BCUT2D eigenvalue weighted by Gasteiger charge is -2.47. The van der Waals surface area contributed by atoms with Gasteiger partial charge in [-0.15, -0.1) is 9.42 Å². The summed E-state index contributed by atoms with van der Waals surface area (Å²) < 4.78 is 164. The maximum absolute atomic E-state index is 12.4. The highest BCUT2D eigenvalue weighted by Crippen LogP contribution is 2.67. The van der Waals surface area contributed by atoms with Gasteiger partial charge in [0.25, 0.3) is 0 Å². The second-order valence-corrected chi connectivity index (χ2v) is 15.6. The van der Waals surface area contributed by atoms with Gasteiger partial charge < -0.3 is 44.0 Å². The molecule has 0 spiro atoms. The van der Waals surface area contributed by atoms with Crippen molar-refractivity contribution in [3.63, 3.8) is 0 Å². The molecule has 0 fully saturated rings. The highest BCUT2D eigenvalue weighted by atomic mass is 31.2.